The molecule has 1 saturated heterocycles. The minimum atomic E-state index is -0.702. The number of benzene rings is 3. The van der Waals surface area contributed by atoms with Crippen molar-refractivity contribution in [3.63, 3.8) is 0 Å². The Bertz CT molecular complexity index is 1080. The third-order valence-corrected chi connectivity index (χ3v) is 4.73. The van der Waals surface area contributed by atoms with Crippen molar-refractivity contribution in [1.29, 1.82) is 0 Å². The highest BCUT2D eigenvalue weighted by Gasteiger charge is 2.41. The maximum atomic E-state index is 14.0. The van der Waals surface area contributed by atoms with Crippen molar-refractivity contribution in [2.24, 2.45) is 5.16 Å². The van der Waals surface area contributed by atoms with E-state index < -0.39 is 17.2 Å². The van der Waals surface area contributed by atoms with E-state index in [9.17, 15) is 4.39 Å². The van der Waals surface area contributed by atoms with Crippen LogP contribution in [0.25, 0.3) is 10.8 Å². The van der Waals surface area contributed by atoms with Crippen molar-refractivity contribution < 1.29 is 23.4 Å². The second-order valence-corrected chi connectivity index (χ2v) is 8.02. The highest BCUT2D eigenvalue weighted by molar-refractivity contribution is 5.82. The summed E-state index contributed by atoms with van der Waals surface area (Å²) in [7, 11) is 0. The number of rotatable bonds is 6. The fourth-order valence-corrected chi connectivity index (χ4v) is 3.37. The summed E-state index contributed by atoms with van der Waals surface area (Å²) in [5.74, 6) is -0.546. The summed E-state index contributed by atoms with van der Waals surface area (Å²) in [6, 6.07) is 18.4. The van der Waals surface area contributed by atoms with Crippen molar-refractivity contribution in [3.8, 4) is 11.5 Å². The van der Waals surface area contributed by atoms with Crippen LogP contribution in [-0.2, 0) is 16.1 Å². The molecule has 1 unspecified atom stereocenters. The molecule has 30 heavy (non-hydrogen) atoms. The molecule has 156 valence electrons. The lowest BCUT2D eigenvalue weighted by Gasteiger charge is -2.20. The van der Waals surface area contributed by atoms with Crippen LogP contribution in [0.3, 0.4) is 0 Å². The second-order valence-electron chi connectivity index (χ2n) is 8.02. The Labute approximate surface area is 175 Å². The van der Waals surface area contributed by atoms with E-state index in [1.165, 1.54) is 18.3 Å². The molecule has 0 radical (unpaired) electrons. The Morgan fingerprint density at radius 1 is 1.00 bits per heavy atom. The predicted molar refractivity (Wildman–Crippen MR) is 113 cm³/mol. The van der Waals surface area contributed by atoms with Gasteiger partial charge in [-0.1, -0.05) is 41.6 Å². The van der Waals surface area contributed by atoms with Gasteiger partial charge in [-0.05, 0) is 43.2 Å². The van der Waals surface area contributed by atoms with Crippen LogP contribution >= 0.6 is 0 Å². The van der Waals surface area contributed by atoms with Gasteiger partial charge in [0.1, 0.15) is 23.8 Å². The number of hydrogen-bond donors (Lipinski definition) is 0. The van der Waals surface area contributed by atoms with Crippen LogP contribution in [0, 0.1) is 5.82 Å². The lowest BCUT2D eigenvalue weighted by Crippen LogP contribution is -2.32. The molecule has 0 saturated carbocycles. The van der Waals surface area contributed by atoms with Gasteiger partial charge < -0.3 is 19.0 Å². The Balaban J connectivity index is 1.40. The van der Waals surface area contributed by atoms with Gasteiger partial charge in [0.05, 0.1) is 12.8 Å². The van der Waals surface area contributed by atoms with Crippen LogP contribution in [0.4, 0.5) is 4.39 Å². The molecule has 5 nitrogen and oxygen atoms in total. The summed E-state index contributed by atoms with van der Waals surface area (Å²) in [4.78, 5) is 5.35. The van der Waals surface area contributed by atoms with Crippen molar-refractivity contribution in [3.05, 3.63) is 72.0 Å². The Morgan fingerprint density at radius 2 is 1.77 bits per heavy atom. The van der Waals surface area contributed by atoms with E-state index in [2.05, 4.69) is 17.3 Å². The van der Waals surface area contributed by atoms with Crippen LogP contribution in [0.2, 0.25) is 0 Å². The highest BCUT2D eigenvalue weighted by Crippen LogP contribution is 2.29. The average molecular weight is 409 g/mol. The molecule has 4 rings (SSSR count). The van der Waals surface area contributed by atoms with Crippen LogP contribution in [-0.4, -0.2) is 24.2 Å². The summed E-state index contributed by atoms with van der Waals surface area (Å²) in [6.07, 6.45) is 1.52. The van der Waals surface area contributed by atoms with Gasteiger partial charge in [0, 0.05) is 18.2 Å². The van der Waals surface area contributed by atoms with Crippen LogP contribution in [0.5, 0.6) is 11.5 Å². The van der Waals surface area contributed by atoms with Gasteiger partial charge >= 0.3 is 0 Å². The number of oxime groups is 1. The molecular weight excluding hydrogens is 385 g/mol. The van der Waals surface area contributed by atoms with Crippen LogP contribution in [0.1, 0.15) is 26.3 Å². The van der Waals surface area contributed by atoms with E-state index >= 15 is 0 Å². The van der Waals surface area contributed by atoms with E-state index in [4.69, 9.17) is 19.0 Å². The normalized spacial score (nSPS) is 20.7. The molecule has 3 aromatic rings. The molecule has 0 aliphatic carbocycles. The molecule has 0 aromatic heterocycles. The lowest BCUT2D eigenvalue weighted by molar-refractivity contribution is -0.144. The summed E-state index contributed by atoms with van der Waals surface area (Å²) < 4.78 is 31.1. The number of hydrogen-bond acceptors (Lipinski definition) is 5. The minimum absolute atomic E-state index is 0.238. The number of halogens is 1. The van der Waals surface area contributed by atoms with Crippen molar-refractivity contribution in [2.75, 3.05) is 6.61 Å². The van der Waals surface area contributed by atoms with Crippen LogP contribution in [0.15, 0.2) is 65.8 Å². The molecule has 0 N–H and O–H groups in total. The van der Waals surface area contributed by atoms with Crippen molar-refractivity contribution >= 4 is 17.0 Å². The Morgan fingerprint density at radius 3 is 2.53 bits per heavy atom. The van der Waals surface area contributed by atoms with Crippen LogP contribution < -0.4 is 9.57 Å². The zero-order valence-corrected chi connectivity index (χ0v) is 17.2. The van der Waals surface area contributed by atoms with Gasteiger partial charge in [-0.2, -0.15) is 0 Å². The molecule has 6 heteroatoms. The first kappa shape index (κ1) is 20.3. The molecule has 0 bridgehead atoms. The molecule has 0 spiro atoms. The van der Waals surface area contributed by atoms with E-state index in [0.717, 1.165) is 16.3 Å². The summed E-state index contributed by atoms with van der Waals surface area (Å²) in [5, 5.41) is 6.24. The maximum absolute atomic E-state index is 14.0. The van der Waals surface area contributed by atoms with Gasteiger partial charge in [0.2, 0.25) is 0 Å². The van der Waals surface area contributed by atoms with Gasteiger partial charge in [0.15, 0.2) is 11.5 Å². The maximum Gasteiger partial charge on any atom is 0.164 e. The summed E-state index contributed by atoms with van der Waals surface area (Å²) in [5.41, 5.74) is 0.291. The summed E-state index contributed by atoms with van der Waals surface area (Å²) >= 11 is 0. The molecule has 1 fully saturated rings. The first-order valence-electron chi connectivity index (χ1n) is 9.77. The number of nitrogens with zero attached hydrogens (tertiary/aromatic N) is 1. The second kappa shape index (κ2) is 8.05. The van der Waals surface area contributed by atoms with Gasteiger partial charge in [0.25, 0.3) is 0 Å². The molecule has 1 aliphatic heterocycles. The third kappa shape index (κ3) is 4.96. The SMILES string of the molecule is CC1(C=NOc2cc(F)cc(OCc3ccc4ccccc4c3)c2)COC(C)(C)O1. The standard InChI is InChI=1S/C24H24FNO4/c1-23(2)28-16-24(3,30-23)15-26-29-22-12-20(25)11-21(13-22)27-14-17-8-9-18-6-4-5-7-19(18)10-17/h4-13,15H,14,16H2,1-3H3. The van der Waals surface area contributed by atoms with Gasteiger partial charge in [-0.25, -0.2) is 4.39 Å². The molecule has 3 aromatic carbocycles. The molecule has 1 atom stereocenters. The lowest BCUT2D eigenvalue weighted by atomic mass is 10.1. The first-order chi connectivity index (χ1) is 14.3. The molecular formula is C24H24FNO4. The molecule has 0 amide bonds. The Hall–Kier alpha value is -2.96. The fraction of sp³-hybridized carbons (Fsp3) is 0.292. The zero-order valence-electron chi connectivity index (χ0n) is 17.2. The first-order valence-corrected chi connectivity index (χ1v) is 9.77. The van der Waals surface area contributed by atoms with Gasteiger partial charge in [-0.15, -0.1) is 0 Å². The third-order valence-electron chi connectivity index (χ3n) is 4.73. The monoisotopic (exact) mass is 409 g/mol. The van der Waals surface area contributed by atoms with E-state index in [-0.39, 0.29) is 5.75 Å². The predicted octanol–water partition coefficient (Wildman–Crippen LogP) is 5.46. The topological polar surface area (TPSA) is 49.3 Å². The number of ether oxygens (including phenoxy) is 3. The molecule has 1 heterocycles. The smallest absolute Gasteiger partial charge is 0.164 e. The zero-order chi connectivity index (χ0) is 21.2. The average Bonchev–Trinajstić information content (AvgIpc) is 2.99. The number of fused-ring (bicyclic) bond motifs is 1. The summed E-state index contributed by atoms with van der Waals surface area (Å²) in [6.45, 7) is 6.18. The minimum Gasteiger partial charge on any atom is -0.489 e. The fourth-order valence-electron chi connectivity index (χ4n) is 3.37. The van der Waals surface area contributed by atoms with E-state index in [1.54, 1.807) is 6.07 Å². The van der Waals surface area contributed by atoms with Gasteiger partial charge in [-0.3, -0.25) is 0 Å². The largest absolute Gasteiger partial charge is 0.489 e. The van der Waals surface area contributed by atoms with Crippen molar-refractivity contribution in [1.82, 2.24) is 0 Å². The van der Waals surface area contributed by atoms with Crippen molar-refractivity contribution in [2.45, 2.75) is 38.8 Å². The van der Waals surface area contributed by atoms with E-state index in [0.29, 0.717) is 19.0 Å². The molecule has 1 aliphatic rings. The quantitative estimate of drug-likeness (QED) is 0.400. The van der Waals surface area contributed by atoms with E-state index in [1.807, 2.05) is 51.1 Å². The highest BCUT2D eigenvalue weighted by atomic mass is 19.1. The Kier molecular flexibility index (Phi) is 5.45.